The Labute approximate surface area is 150 Å². The van der Waals surface area contributed by atoms with Crippen LogP contribution in [0.4, 0.5) is 5.69 Å². The van der Waals surface area contributed by atoms with Gasteiger partial charge in [-0.15, -0.1) is 0 Å². The Bertz CT molecular complexity index is 667. The quantitative estimate of drug-likeness (QED) is 0.715. The van der Waals surface area contributed by atoms with Gasteiger partial charge in [0.05, 0.1) is 32.9 Å². The summed E-state index contributed by atoms with van der Waals surface area (Å²) in [7, 11) is 2.74. The Balaban J connectivity index is 2.06. The van der Waals surface area contributed by atoms with Gasteiger partial charge in [0.15, 0.2) is 0 Å². The number of carbonyl (C=O) groups is 3. The molecule has 0 spiro atoms. The molecule has 0 radical (unpaired) electrons. The van der Waals surface area contributed by atoms with Crippen molar-refractivity contribution in [1.29, 1.82) is 0 Å². The Morgan fingerprint density at radius 1 is 1.40 bits per heavy atom. The Morgan fingerprint density at radius 3 is 2.84 bits per heavy atom. The Morgan fingerprint density at radius 2 is 2.16 bits per heavy atom. The Kier molecular flexibility index (Phi) is 6.60. The number of hydrogen-bond donors (Lipinski definition) is 2. The highest BCUT2D eigenvalue weighted by Crippen LogP contribution is 2.27. The fraction of sp³-hybridized carbons (Fsp3) is 0.438. The summed E-state index contributed by atoms with van der Waals surface area (Å²) in [6.45, 7) is 0.808. The van der Waals surface area contributed by atoms with Gasteiger partial charge in [-0.3, -0.25) is 19.3 Å². The molecule has 1 saturated heterocycles. The first-order valence-electron chi connectivity index (χ1n) is 7.66. The lowest BCUT2D eigenvalue weighted by Gasteiger charge is -2.33. The van der Waals surface area contributed by atoms with E-state index >= 15 is 0 Å². The van der Waals surface area contributed by atoms with E-state index in [1.54, 1.807) is 23.1 Å². The van der Waals surface area contributed by atoms with Crippen LogP contribution in [0.3, 0.4) is 0 Å². The van der Waals surface area contributed by atoms with Crippen LogP contribution in [0.1, 0.15) is 6.42 Å². The summed E-state index contributed by atoms with van der Waals surface area (Å²) in [4.78, 5) is 37.5. The van der Waals surface area contributed by atoms with Gasteiger partial charge in [0, 0.05) is 18.1 Å². The third-order valence-corrected chi connectivity index (χ3v) is 4.05. The minimum Gasteiger partial charge on any atom is -0.495 e. The molecule has 0 aliphatic carbocycles. The molecule has 25 heavy (non-hydrogen) atoms. The number of rotatable bonds is 6. The number of esters is 1. The summed E-state index contributed by atoms with van der Waals surface area (Å²) in [6.07, 6.45) is -0.115. The number of methoxy groups -OCH3 is 2. The summed E-state index contributed by atoms with van der Waals surface area (Å²) in [5.74, 6) is -0.681. The lowest BCUT2D eigenvalue weighted by Crippen LogP contribution is -2.57. The number of hydrogen-bond acceptors (Lipinski definition) is 6. The molecule has 1 aromatic rings. The molecule has 2 rings (SSSR count). The second kappa shape index (κ2) is 8.68. The summed E-state index contributed by atoms with van der Waals surface area (Å²) in [5, 5.41) is 5.85. The molecule has 1 aliphatic rings. The monoisotopic (exact) mass is 369 g/mol. The van der Waals surface area contributed by atoms with Crippen molar-refractivity contribution in [2.24, 2.45) is 0 Å². The van der Waals surface area contributed by atoms with E-state index in [1.807, 2.05) is 0 Å². The summed E-state index contributed by atoms with van der Waals surface area (Å²) >= 11 is 5.94. The van der Waals surface area contributed by atoms with Crippen molar-refractivity contribution in [3.05, 3.63) is 23.2 Å². The average Bonchev–Trinajstić information content (AvgIpc) is 2.58. The highest BCUT2D eigenvalue weighted by atomic mass is 35.5. The summed E-state index contributed by atoms with van der Waals surface area (Å²) in [5.41, 5.74) is 0.436. The average molecular weight is 370 g/mol. The molecule has 0 saturated carbocycles. The number of halogens is 1. The summed E-state index contributed by atoms with van der Waals surface area (Å²) in [6, 6.07) is 4.13. The zero-order valence-corrected chi connectivity index (χ0v) is 14.8. The third kappa shape index (κ3) is 5.07. The zero-order chi connectivity index (χ0) is 18.4. The van der Waals surface area contributed by atoms with Gasteiger partial charge in [-0.05, 0) is 18.2 Å². The van der Waals surface area contributed by atoms with E-state index in [-0.39, 0.29) is 24.8 Å². The van der Waals surface area contributed by atoms with Crippen molar-refractivity contribution in [1.82, 2.24) is 10.2 Å². The molecule has 2 amide bonds. The van der Waals surface area contributed by atoms with Gasteiger partial charge < -0.3 is 20.1 Å². The number of nitrogens with zero attached hydrogens (tertiary/aromatic N) is 1. The van der Waals surface area contributed by atoms with Crippen LogP contribution >= 0.6 is 11.6 Å². The molecular weight excluding hydrogens is 350 g/mol. The van der Waals surface area contributed by atoms with Gasteiger partial charge in [0.25, 0.3) is 0 Å². The first-order valence-corrected chi connectivity index (χ1v) is 8.04. The smallest absolute Gasteiger partial charge is 0.307 e. The van der Waals surface area contributed by atoms with E-state index in [0.29, 0.717) is 29.5 Å². The van der Waals surface area contributed by atoms with Crippen LogP contribution in [0.5, 0.6) is 5.75 Å². The number of piperazine rings is 1. The molecule has 1 aromatic carbocycles. The number of amides is 2. The van der Waals surface area contributed by atoms with E-state index in [1.165, 1.54) is 14.2 Å². The Hall–Kier alpha value is -2.32. The van der Waals surface area contributed by atoms with Crippen molar-refractivity contribution < 1.29 is 23.9 Å². The number of ether oxygens (including phenoxy) is 2. The predicted octanol–water partition coefficient (Wildman–Crippen LogP) is 0.651. The van der Waals surface area contributed by atoms with E-state index < -0.39 is 12.0 Å². The van der Waals surface area contributed by atoms with Crippen LogP contribution in [0.15, 0.2) is 18.2 Å². The molecule has 9 heteroatoms. The third-order valence-electron chi connectivity index (χ3n) is 3.81. The molecule has 136 valence electrons. The first-order chi connectivity index (χ1) is 11.9. The number of carbonyl (C=O) groups excluding carboxylic acids is 3. The van der Waals surface area contributed by atoms with Crippen LogP contribution in [-0.4, -0.2) is 62.6 Å². The molecule has 1 aliphatic heterocycles. The topological polar surface area (TPSA) is 97.0 Å². The molecular formula is C16H20ClN3O5. The maximum atomic E-state index is 12.4. The van der Waals surface area contributed by atoms with Gasteiger partial charge >= 0.3 is 5.97 Å². The van der Waals surface area contributed by atoms with Gasteiger partial charge in [-0.2, -0.15) is 0 Å². The minimum atomic E-state index is -0.742. The molecule has 8 nitrogen and oxygen atoms in total. The van der Waals surface area contributed by atoms with Gasteiger partial charge in [0.2, 0.25) is 11.8 Å². The maximum Gasteiger partial charge on any atom is 0.307 e. The van der Waals surface area contributed by atoms with Gasteiger partial charge in [0.1, 0.15) is 11.8 Å². The highest BCUT2D eigenvalue weighted by molar-refractivity contribution is 6.31. The summed E-state index contributed by atoms with van der Waals surface area (Å²) < 4.78 is 9.80. The van der Waals surface area contributed by atoms with Crippen LogP contribution in [0.25, 0.3) is 0 Å². The first kappa shape index (κ1) is 19.0. The van der Waals surface area contributed by atoms with Gasteiger partial charge in [-0.1, -0.05) is 11.6 Å². The molecule has 1 fully saturated rings. The minimum absolute atomic E-state index is 0.0508. The van der Waals surface area contributed by atoms with Crippen LogP contribution in [0, 0.1) is 0 Å². The predicted molar refractivity (Wildman–Crippen MR) is 91.6 cm³/mol. The van der Waals surface area contributed by atoms with Crippen LogP contribution in [-0.2, 0) is 19.1 Å². The van der Waals surface area contributed by atoms with E-state index in [4.69, 9.17) is 16.3 Å². The molecule has 2 N–H and O–H groups in total. The standard InChI is InChI=1S/C16H20ClN3O5/c1-24-13-4-3-10(17)7-11(13)19-14(21)9-20-6-5-18-16(23)12(20)8-15(22)25-2/h3-4,7,12H,5-6,8-9H2,1-2H3,(H,18,23)(H,19,21). The fourth-order valence-electron chi connectivity index (χ4n) is 2.57. The largest absolute Gasteiger partial charge is 0.495 e. The lowest BCUT2D eigenvalue weighted by molar-refractivity contribution is -0.146. The molecule has 0 bridgehead atoms. The molecule has 1 unspecified atom stereocenters. The highest BCUT2D eigenvalue weighted by Gasteiger charge is 2.33. The van der Waals surface area contributed by atoms with E-state index in [9.17, 15) is 14.4 Å². The van der Waals surface area contributed by atoms with Crippen LogP contribution in [0.2, 0.25) is 5.02 Å². The molecule has 1 atom stereocenters. The maximum absolute atomic E-state index is 12.4. The zero-order valence-electron chi connectivity index (χ0n) is 14.0. The number of benzene rings is 1. The van der Waals surface area contributed by atoms with Crippen molar-refractivity contribution in [3.63, 3.8) is 0 Å². The van der Waals surface area contributed by atoms with E-state index in [0.717, 1.165) is 0 Å². The van der Waals surface area contributed by atoms with Crippen molar-refractivity contribution in [3.8, 4) is 5.75 Å². The van der Waals surface area contributed by atoms with E-state index in [2.05, 4.69) is 15.4 Å². The van der Waals surface area contributed by atoms with Crippen molar-refractivity contribution in [2.45, 2.75) is 12.5 Å². The van der Waals surface area contributed by atoms with Crippen LogP contribution < -0.4 is 15.4 Å². The number of nitrogens with one attached hydrogen (secondary N) is 2. The van der Waals surface area contributed by atoms with Crippen molar-refractivity contribution in [2.75, 3.05) is 39.2 Å². The van der Waals surface area contributed by atoms with Crippen molar-refractivity contribution >= 4 is 35.1 Å². The second-order valence-electron chi connectivity index (χ2n) is 5.45. The number of anilines is 1. The normalized spacial score (nSPS) is 17.6. The second-order valence-corrected chi connectivity index (χ2v) is 5.89. The SMILES string of the molecule is COC(=O)CC1C(=O)NCCN1CC(=O)Nc1cc(Cl)ccc1OC. The lowest BCUT2D eigenvalue weighted by atomic mass is 10.1. The molecule has 1 heterocycles. The fourth-order valence-corrected chi connectivity index (χ4v) is 2.74. The van der Waals surface area contributed by atoms with Gasteiger partial charge in [-0.25, -0.2) is 0 Å². The molecule has 0 aromatic heterocycles.